The summed E-state index contributed by atoms with van der Waals surface area (Å²) in [6.45, 7) is 4.09. The Bertz CT molecular complexity index is 852. The predicted molar refractivity (Wildman–Crippen MR) is 100.0 cm³/mol. The normalized spacial score (nSPS) is 51.5. The number of rotatable bonds is 2. The van der Waals surface area contributed by atoms with Crippen molar-refractivity contribution in [1.29, 1.82) is 0 Å². The lowest BCUT2D eigenvalue weighted by molar-refractivity contribution is -0.219. The average molecular weight is 410 g/mol. The molecule has 3 saturated carbocycles. The van der Waals surface area contributed by atoms with Crippen molar-refractivity contribution >= 4 is 11.6 Å². The highest BCUT2D eigenvalue weighted by molar-refractivity contribution is 6.04. The number of aliphatic hydroxyl groups is 3. The molecular formula is C22H28F2O5. The van der Waals surface area contributed by atoms with Gasteiger partial charge in [-0.25, -0.2) is 8.78 Å². The third-order valence-electron chi connectivity index (χ3n) is 8.88. The number of hydrogen-bond donors (Lipinski definition) is 3. The fourth-order valence-electron chi connectivity index (χ4n) is 7.34. The minimum atomic E-state index is -2.23. The molecule has 0 aliphatic heterocycles. The Hall–Kier alpha value is -1.44. The molecule has 0 aromatic heterocycles. The summed E-state index contributed by atoms with van der Waals surface area (Å²) in [6, 6.07) is 0. The van der Waals surface area contributed by atoms with Gasteiger partial charge in [0, 0.05) is 16.7 Å². The number of allylic oxidation sites excluding steroid dienone is 4. The lowest BCUT2D eigenvalue weighted by Gasteiger charge is -2.62. The molecule has 0 bridgehead atoms. The van der Waals surface area contributed by atoms with Gasteiger partial charge in [-0.3, -0.25) is 9.59 Å². The fraction of sp³-hybridized carbons (Fsp3) is 0.727. The van der Waals surface area contributed by atoms with Gasteiger partial charge in [0.25, 0.3) is 0 Å². The number of alkyl halides is 1. The summed E-state index contributed by atoms with van der Waals surface area (Å²) < 4.78 is 31.5. The summed E-state index contributed by atoms with van der Waals surface area (Å²) in [5.41, 5.74) is -6.60. The highest BCUT2D eigenvalue weighted by Crippen LogP contribution is 2.71. The summed E-state index contributed by atoms with van der Waals surface area (Å²) in [5, 5.41) is 31.9. The lowest BCUT2D eigenvalue weighted by atomic mass is 9.44. The van der Waals surface area contributed by atoms with E-state index in [1.807, 2.05) is 0 Å². The van der Waals surface area contributed by atoms with Gasteiger partial charge >= 0.3 is 0 Å². The first-order valence-corrected chi connectivity index (χ1v) is 10.3. The Morgan fingerprint density at radius 2 is 1.97 bits per heavy atom. The van der Waals surface area contributed by atoms with Crippen molar-refractivity contribution in [3.05, 3.63) is 23.6 Å². The van der Waals surface area contributed by atoms with Crippen LogP contribution in [0.2, 0.25) is 0 Å². The summed E-state index contributed by atoms with van der Waals surface area (Å²) in [6.07, 6.45) is 1.40. The molecule has 5 nitrogen and oxygen atoms in total. The van der Waals surface area contributed by atoms with Crippen molar-refractivity contribution in [3.8, 4) is 0 Å². The Morgan fingerprint density at radius 3 is 2.59 bits per heavy atom. The van der Waals surface area contributed by atoms with Crippen LogP contribution < -0.4 is 0 Å². The zero-order valence-electron chi connectivity index (χ0n) is 16.9. The number of Topliss-reactive ketones (excluding diaryl/α,β-unsaturated/α-hetero) is 1. The predicted octanol–water partition coefficient (Wildman–Crippen LogP) is 2.19. The maximum absolute atomic E-state index is 16.9. The summed E-state index contributed by atoms with van der Waals surface area (Å²) >= 11 is 0. The van der Waals surface area contributed by atoms with Gasteiger partial charge in [-0.05, 0) is 56.1 Å². The molecule has 0 aromatic carbocycles. The lowest BCUT2D eigenvalue weighted by Crippen LogP contribution is -2.69. The minimum absolute atomic E-state index is 0.0825. The summed E-state index contributed by atoms with van der Waals surface area (Å²) in [4.78, 5) is 24.3. The van der Waals surface area contributed by atoms with Gasteiger partial charge in [0.2, 0.25) is 5.78 Å². The Labute approximate surface area is 168 Å². The summed E-state index contributed by atoms with van der Waals surface area (Å²) in [5.74, 6) is -4.12. The molecule has 0 spiro atoms. The van der Waals surface area contributed by atoms with Gasteiger partial charge < -0.3 is 15.3 Å². The number of carbonyl (C=O) groups excluding carboxylic acids is 2. The van der Waals surface area contributed by atoms with Gasteiger partial charge in [-0.2, -0.15) is 0 Å². The number of ketones is 2. The molecule has 29 heavy (non-hydrogen) atoms. The van der Waals surface area contributed by atoms with E-state index in [2.05, 4.69) is 0 Å². The van der Waals surface area contributed by atoms with E-state index in [-0.39, 0.29) is 24.8 Å². The van der Waals surface area contributed by atoms with Crippen LogP contribution in [0.25, 0.3) is 0 Å². The van der Waals surface area contributed by atoms with Crippen molar-refractivity contribution in [2.24, 2.45) is 28.6 Å². The van der Waals surface area contributed by atoms with Crippen molar-refractivity contribution in [2.75, 3.05) is 6.61 Å². The zero-order valence-corrected chi connectivity index (χ0v) is 16.9. The van der Waals surface area contributed by atoms with Gasteiger partial charge in [0.15, 0.2) is 17.3 Å². The smallest absolute Gasteiger partial charge is 0.213 e. The Morgan fingerprint density at radius 1 is 1.31 bits per heavy atom. The van der Waals surface area contributed by atoms with Crippen LogP contribution in [-0.4, -0.2) is 50.9 Å². The Kier molecular flexibility index (Phi) is 4.34. The first kappa shape index (κ1) is 20.8. The quantitative estimate of drug-likeness (QED) is 0.649. The molecule has 0 heterocycles. The number of aliphatic hydroxyl groups excluding tert-OH is 2. The molecule has 3 fully saturated rings. The number of halogens is 2. The molecule has 7 heteroatoms. The van der Waals surface area contributed by atoms with Crippen molar-refractivity contribution in [3.63, 3.8) is 0 Å². The van der Waals surface area contributed by atoms with E-state index >= 15 is 4.39 Å². The molecule has 8 atom stereocenters. The van der Waals surface area contributed by atoms with Crippen LogP contribution in [0.15, 0.2) is 23.6 Å². The van der Waals surface area contributed by atoms with E-state index in [0.29, 0.717) is 6.42 Å². The van der Waals surface area contributed by atoms with E-state index in [4.69, 9.17) is 0 Å². The molecule has 0 radical (unpaired) electrons. The van der Waals surface area contributed by atoms with Gasteiger partial charge in [0.1, 0.15) is 12.2 Å². The maximum atomic E-state index is 16.9. The van der Waals surface area contributed by atoms with E-state index in [0.717, 1.165) is 6.08 Å². The van der Waals surface area contributed by atoms with E-state index in [1.165, 1.54) is 13.0 Å². The molecule has 4 aliphatic rings. The van der Waals surface area contributed by atoms with Crippen molar-refractivity contribution in [2.45, 2.75) is 63.8 Å². The molecule has 160 valence electrons. The third-order valence-corrected chi connectivity index (χ3v) is 8.88. The van der Waals surface area contributed by atoms with E-state index < -0.39 is 70.0 Å². The molecule has 2 unspecified atom stereocenters. The van der Waals surface area contributed by atoms with Crippen LogP contribution in [-0.2, 0) is 9.59 Å². The SMILES string of the molecule is CC1C[C@H]2[C@@H]3CCC4=C(F)C(=O)C=C[C@]4(C)[C@@]3(F)C(O)C[C@]2(C)[C@@]1(O)C(=O)CO. The first-order valence-electron chi connectivity index (χ1n) is 10.3. The Balaban J connectivity index is 1.86. The van der Waals surface area contributed by atoms with Gasteiger partial charge in [-0.1, -0.05) is 19.9 Å². The van der Waals surface area contributed by atoms with Crippen molar-refractivity contribution in [1.82, 2.24) is 0 Å². The third kappa shape index (κ3) is 2.14. The minimum Gasteiger partial charge on any atom is -0.390 e. The zero-order chi connectivity index (χ0) is 21.6. The highest BCUT2D eigenvalue weighted by Gasteiger charge is 2.75. The van der Waals surface area contributed by atoms with E-state index in [9.17, 15) is 29.3 Å². The van der Waals surface area contributed by atoms with Crippen LogP contribution in [0.5, 0.6) is 0 Å². The topological polar surface area (TPSA) is 94.8 Å². The maximum Gasteiger partial charge on any atom is 0.213 e. The molecular weight excluding hydrogens is 382 g/mol. The highest BCUT2D eigenvalue weighted by atomic mass is 19.1. The largest absolute Gasteiger partial charge is 0.390 e. The fourth-order valence-corrected chi connectivity index (χ4v) is 7.34. The molecule has 0 amide bonds. The average Bonchev–Trinajstić information content (AvgIpc) is 2.87. The van der Waals surface area contributed by atoms with E-state index in [1.54, 1.807) is 13.8 Å². The number of hydrogen-bond acceptors (Lipinski definition) is 5. The molecule has 0 aromatic rings. The first-order chi connectivity index (χ1) is 13.4. The van der Waals surface area contributed by atoms with Crippen LogP contribution in [0.1, 0.15) is 46.5 Å². The second kappa shape index (κ2) is 6.05. The monoisotopic (exact) mass is 410 g/mol. The van der Waals surface area contributed by atoms with Crippen LogP contribution in [0.3, 0.4) is 0 Å². The standard InChI is InChI=1S/C22H28F2O5/c1-11-8-14-12-4-5-13-18(23)15(26)6-7-19(13,2)21(12,24)16(27)9-20(14,3)22(11,29)17(28)10-25/h6-7,11-12,14,16,25,27,29H,4-5,8-10H2,1-3H3/t11?,12-,14-,16?,19-,20-,21-,22-/m0/s1. The van der Waals surface area contributed by atoms with Gasteiger partial charge in [0.05, 0.1) is 6.10 Å². The second-order valence-electron chi connectivity index (χ2n) is 9.83. The molecule has 4 aliphatic carbocycles. The van der Waals surface area contributed by atoms with Crippen LogP contribution in [0.4, 0.5) is 8.78 Å². The molecule has 3 N–H and O–H groups in total. The van der Waals surface area contributed by atoms with Crippen LogP contribution in [0, 0.1) is 28.6 Å². The second-order valence-corrected chi connectivity index (χ2v) is 9.83. The van der Waals surface area contributed by atoms with Crippen LogP contribution >= 0.6 is 0 Å². The summed E-state index contributed by atoms with van der Waals surface area (Å²) in [7, 11) is 0. The van der Waals surface area contributed by atoms with Gasteiger partial charge in [-0.15, -0.1) is 0 Å². The number of fused-ring (bicyclic) bond motifs is 5. The molecule has 0 saturated heterocycles. The number of carbonyl (C=O) groups is 2. The van der Waals surface area contributed by atoms with Crippen molar-refractivity contribution < 1.29 is 33.7 Å². The molecule has 4 rings (SSSR count).